The van der Waals surface area contributed by atoms with Crippen LogP contribution in [0.25, 0.3) is 0 Å². The number of rotatable bonds is 4. The quantitative estimate of drug-likeness (QED) is 0.607. The first-order valence-corrected chi connectivity index (χ1v) is 5.44. The summed E-state index contributed by atoms with van der Waals surface area (Å²) < 4.78 is 1.63. The van der Waals surface area contributed by atoms with Crippen molar-refractivity contribution in [2.24, 2.45) is 7.05 Å². The number of nitro groups is 1. The number of aromatic nitrogens is 4. The zero-order chi connectivity index (χ0) is 14.0. The topological polar surface area (TPSA) is 119 Å². The molecule has 0 aromatic carbocycles. The minimum absolute atomic E-state index is 0.161. The number of amides is 1. The maximum absolute atomic E-state index is 11.8. The summed E-state index contributed by atoms with van der Waals surface area (Å²) in [6.45, 7) is 2.06. The Hall–Kier alpha value is -2.71. The van der Waals surface area contributed by atoms with E-state index in [9.17, 15) is 14.9 Å². The summed E-state index contributed by atoms with van der Waals surface area (Å²) in [5, 5.41) is 23.2. The van der Waals surface area contributed by atoms with E-state index in [1.807, 2.05) is 6.92 Å². The fourth-order valence-electron chi connectivity index (χ4n) is 1.67. The average molecular weight is 264 g/mol. The number of hydrogen-bond donors (Lipinski definition) is 2. The number of carbonyl (C=O) groups is 1. The van der Waals surface area contributed by atoms with Crippen molar-refractivity contribution >= 4 is 11.6 Å². The van der Waals surface area contributed by atoms with Gasteiger partial charge >= 0.3 is 5.69 Å². The van der Waals surface area contributed by atoms with Crippen molar-refractivity contribution in [1.29, 1.82) is 0 Å². The van der Waals surface area contributed by atoms with Crippen LogP contribution >= 0.6 is 0 Å². The van der Waals surface area contributed by atoms with Gasteiger partial charge in [-0.2, -0.15) is 10.2 Å². The van der Waals surface area contributed by atoms with Gasteiger partial charge in [0.15, 0.2) is 0 Å². The fraction of sp³-hybridized carbons (Fsp3) is 0.300. The van der Waals surface area contributed by atoms with Crippen LogP contribution in [0, 0.1) is 17.0 Å². The van der Waals surface area contributed by atoms with E-state index in [4.69, 9.17) is 0 Å². The van der Waals surface area contributed by atoms with Crippen LogP contribution in [0.4, 0.5) is 5.69 Å². The van der Waals surface area contributed by atoms with Gasteiger partial charge in [-0.15, -0.1) is 0 Å². The van der Waals surface area contributed by atoms with Crippen molar-refractivity contribution in [2.75, 3.05) is 0 Å². The fourth-order valence-corrected chi connectivity index (χ4v) is 1.67. The van der Waals surface area contributed by atoms with Gasteiger partial charge in [-0.25, -0.2) is 0 Å². The van der Waals surface area contributed by atoms with Crippen LogP contribution in [-0.4, -0.2) is 30.8 Å². The number of nitrogens with one attached hydrogen (secondary N) is 2. The maximum Gasteiger partial charge on any atom is 0.319 e. The molecule has 19 heavy (non-hydrogen) atoms. The molecule has 0 spiro atoms. The van der Waals surface area contributed by atoms with Crippen LogP contribution in [-0.2, 0) is 13.6 Å². The summed E-state index contributed by atoms with van der Waals surface area (Å²) in [7, 11) is 1.78. The Morgan fingerprint density at radius 3 is 2.95 bits per heavy atom. The van der Waals surface area contributed by atoms with Crippen LogP contribution in [0.15, 0.2) is 12.4 Å². The van der Waals surface area contributed by atoms with E-state index < -0.39 is 10.8 Å². The molecule has 2 N–H and O–H groups in total. The third-order valence-electron chi connectivity index (χ3n) is 2.60. The van der Waals surface area contributed by atoms with Gasteiger partial charge in [0, 0.05) is 25.4 Å². The van der Waals surface area contributed by atoms with Crippen molar-refractivity contribution in [2.45, 2.75) is 13.5 Å². The van der Waals surface area contributed by atoms with Crippen LogP contribution in [0.1, 0.15) is 21.7 Å². The van der Waals surface area contributed by atoms with Gasteiger partial charge in [-0.1, -0.05) is 0 Å². The SMILES string of the molecule is Cc1nn(C)cc1CNC(=O)c1[nH]ncc1[N+](=O)[O-]. The molecule has 0 radical (unpaired) electrons. The molecule has 0 saturated carbocycles. The molecule has 0 bridgehead atoms. The first-order valence-electron chi connectivity index (χ1n) is 5.44. The normalized spacial score (nSPS) is 10.4. The molecule has 0 aliphatic carbocycles. The largest absolute Gasteiger partial charge is 0.346 e. The molecule has 2 aromatic rings. The van der Waals surface area contributed by atoms with E-state index >= 15 is 0 Å². The highest BCUT2D eigenvalue weighted by atomic mass is 16.6. The minimum Gasteiger partial charge on any atom is -0.346 e. The third kappa shape index (κ3) is 2.59. The summed E-state index contributed by atoms with van der Waals surface area (Å²) in [5.41, 5.74) is 1.13. The van der Waals surface area contributed by atoms with E-state index in [2.05, 4.69) is 20.6 Å². The third-order valence-corrected chi connectivity index (χ3v) is 2.60. The minimum atomic E-state index is -0.659. The summed E-state index contributed by atoms with van der Waals surface area (Å²) in [5.74, 6) is -0.576. The van der Waals surface area contributed by atoms with Gasteiger partial charge in [0.25, 0.3) is 5.91 Å². The standard InChI is InChI=1S/C10H12N6O3/c1-6-7(5-15(2)14-6)3-11-10(17)9-8(16(18)19)4-12-13-9/h4-5H,3H2,1-2H3,(H,11,17)(H,12,13). The lowest BCUT2D eigenvalue weighted by atomic mass is 10.2. The number of carbonyl (C=O) groups excluding carboxylic acids is 1. The Labute approximate surface area is 107 Å². The molecule has 0 aliphatic rings. The highest BCUT2D eigenvalue weighted by molar-refractivity contribution is 5.95. The first kappa shape index (κ1) is 12.7. The Morgan fingerprint density at radius 2 is 2.37 bits per heavy atom. The maximum atomic E-state index is 11.8. The van der Waals surface area contributed by atoms with Crippen LogP contribution in [0.3, 0.4) is 0 Å². The zero-order valence-electron chi connectivity index (χ0n) is 10.4. The second-order valence-electron chi connectivity index (χ2n) is 3.98. The molecule has 2 aromatic heterocycles. The van der Waals surface area contributed by atoms with Crippen molar-refractivity contribution in [3.63, 3.8) is 0 Å². The molecule has 100 valence electrons. The Bertz CT molecular complexity index is 629. The van der Waals surface area contributed by atoms with Gasteiger partial charge in [0.05, 0.1) is 10.6 Å². The smallest absolute Gasteiger partial charge is 0.319 e. The molecule has 9 nitrogen and oxygen atoms in total. The molecular weight excluding hydrogens is 252 g/mol. The first-order chi connectivity index (χ1) is 8.99. The summed E-state index contributed by atoms with van der Waals surface area (Å²) in [6.07, 6.45) is 2.78. The summed E-state index contributed by atoms with van der Waals surface area (Å²) >= 11 is 0. The van der Waals surface area contributed by atoms with Gasteiger partial charge in [0.2, 0.25) is 5.69 Å². The monoisotopic (exact) mass is 264 g/mol. The van der Waals surface area contributed by atoms with Crippen molar-refractivity contribution < 1.29 is 9.72 Å². The lowest BCUT2D eigenvalue weighted by Gasteiger charge is -2.01. The van der Waals surface area contributed by atoms with Crippen LogP contribution in [0.2, 0.25) is 0 Å². The second-order valence-corrected chi connectivity index (χ2v) is 3.98. The van der Waals surface area contributed by atoms with E-state index in [1.165, 1.54) is 0 Å². The molecule has 9 heteroatoms. The molecule has 0 saturated heterocycles. The molecule has 2 heterocycles. The molecule has 0 aliphatic heterocycles. The van der Waals surface area contributed by atoms with Crippen molar-refractivity contribution in [1.82, 2.24) is 25.3 Å². The van der Waals surface area contributed by atoms with Crippen LogP contribution < -0.4 is 5.32 Å². The predicted molar refractivity (Wildman–Crippen MR) is 64.4 cm³/mol. The molecule has 1 amide bonds. The Morgan fingerprint density at radius 1 is 1.63 bits per heavy atom. The number of aryl methyl sites for hydroxylation is 2. The van der Waals surface area contributed by atoms with E-state index in [0.29, 0.717) is 0 Å². The number of H-pyrrole nitrogens is 1. The number of aromatic amines is 1. The predicted octanol–water partition coefficient (Wildman–Crippen LogP) is 0.290. The van der Waals surface area contributed by atoms with Crippen LogP contribution in [0.5, 0.6) is 0 Å². The zero-order valence-corrected chi connectivity index (χ0v) is 10.4. The number of nitrogens with zero attached hydrogens (tertiary/aromatic N) is 4. The average Bonchev–Trinajstić information content (AvgIpc) is 2.93. The van der Waals surface area contributed by atoms with Gasteiger partial charge < -0.3 is 5.32 Å². The highest BCUT2D eigenvalue weighted by Gasteiger charge is 2.22. The lowest BCUT2D eigenvalue weighted by Crippen LogP contribution is -2.24. The summed E-state index contributed by atoms with van der Waals surface area (Å²) in [6, 6.07) is 0. The van der Waals surface area contributed by atoms with Gasteiger partial charge in [-0.05, 0) is 6.92 Å². The van der Waals surface area contributed by atoms with E-state index in [1.54, 1.807) is 17.9 Å². The van der Waals surface area contributed by atoms with Gasteiger partial charge in [-0.3, -0.25) is 24.7 Å². The molecule has 0 atom stereocenters. The van der Waals surface area contributed by atoms with Crippen molar-refractivity contribution in [3.8, 4) is 0 Å². The Kier molecular flexibility index (Phi) is 3.27. The van der Waals surface area contributed by atoms with E-state index in [0.717, 1.165) is 17.5 Å². The second kappa shape index (κ2) is 4.88. The Balaban J connectivity index is 2.07. The molecular formula is C10H12N6O3. The molecule has 0 fully saturated rings. The highest BCUT2D eigenvalue weighted by Crippen LogP contribution is 2.14. The molecule has 0 unspecified atom stereocenters. The van der Waals surface area contributed by atoms with Gasteiger partial charge in [0.1, 0.15) is 6.20 Å². The summed E-state index contributed by atoms with van der Waals surface area (Å²) in [4.78, 5) is 21.8. The lowest BCUT2D eigenvalue weighted by molar-refractivity contribution is -0.385. The van der Waals surface area contributed by atoms with Crippen molar-refractivity contribution in [3.05, 3.63) is 39.5 Å². The van der Waals surface area contributed by atoms with E-state index in [-0.39, 0.29) is 17.9 Å². The number of hydrogen-bond acceptors (Lipinski definition) is 5. The molecule has 2 rings (SSSR count).